The summed E-state index contributed by atoms with van der Waals surface area (Å²) in [4.78, 5) is 27.5. The second-order valence-electron chi connectivity index (χ2n) is 10.3. The van der Waals surface area contributed by atoms with Crippen molar-refractivity contribution in [2.45, 2.75) is 51.5 Å². The topological polar surface area (TPSA) is 116 Å². The van der Waals surface area contributed by atoms with E-state index in [9.17, 15) is 9.90 Å². The van der Waals surface area contributed by atoms with Crippen LogP contribution < -0.4 is 4.74 Å². The van der Waals surface area contributed by atoms with E-state index in [4.69, 9.17) is 42.1 Å². The van der Waals surface area contributed by atoms with E-state index in [1.165, 1.54) is 6.07 Å². The third kappa shape index (κ3) is 6.10. The molecule has 0 unspecified atom stereocenters. The number of halogens is 2. The molecule has 0 bridgehead atoms. The van der Waals surface area contributed by atoms with Crippen LogP contribution in [0.1, 0.15) is 47.2 Å². The van der Waals surface area contributed by atoms with E-state index in [1.54, 1.807) is 30.5 Å². The second-order valence-corrected chi connectivity index (χ2v) is 11.1. The van der Waals surface area contributed by atoms with Gasteiger partial charge in [-0.2, -0.15) is 0 Å². The molecule has 210 valence electrons. The minimum Gasteiger partial charge on any atom is -0.482 e. The summed E-state index contributed by atoms with van der Waals surface area (Å²) in [6, 6.07) is 8.32. The Labute approximate surface area is 240 Å². The SMILES string of the molecule is O=C(O)c1ccc2nc(CN3CCC(Cc4cnc(COc5ccc(Cl)cc5Cl)o4)CC3)n(C[C@@H]3CCO3)c2n1. The van der Waals surface area contributed by atoms with Crippen LogP contribution in [0.2, 0.25) is 10.0 Å². The summed E-state index contributed by atoms with van der Waals surface area (Å²) in [6.07, 6.45) is 5.74. The van der Waals surface area contributed by atoms with Crippen molar-refractivity contribution in [3.8, 4) is 5.75 Å². The van der Waals surface area contributed by atoms with E-state index >= 15 is 0 Å². The number of aromatic nitrogens is 4. The molecule has 12 heteroatoms. The molecule has 0 amide bonds. The van der Waals surface area contributed by atoms with Crippen molar-refractivity contribution < 1.29 is 23.8 Å². The summed E-state index contributed by atoms with van der Waals surface area (Å²) in [5.74, 6) is 2.22. The number of hydrogen-bond donors (Lipinski definition) is 1. The van der Waals surface area contributed by atoms with Gasteiger partial charge in [0.2, 0.25) is 5.89 Å². The summed E-state index contributed by atoms with van der Waals surface area (Å²) in [5.41, 5.74) is 1.33. The first-order valence-electron chi connectivity index (χ1n) is 13.4. The van der Waals surface area contributed by atoms with Crippen molar-refractivity contribution in [2.75, 3.05) is 19.7 Å². The van der Waals surface area contributed by atoms with Crippen molar-refractivity contribution in [2.24, 2.45) is 5.92 Å². The van der Waals surface area contributed by atoms with Crippen LogP contribution in [0.3, 0.4) is 0 Å². The average molecular weight is 586 g/mol. The number of hydrogen-bond acceptors (Lipinski definition) is 8. The van der Waals surface area contributed by atoms with Crippen LogP contribution in [-0.2, 0) is 30.9 Å². The van der Waals surface area contributed by atoms with Gasteiger partial charge in [0.05, 0.1) is 30.4 Å². The van der Waals surface area contributed by atoms with Crippen LogP contribution in [0.25, 0.3) is 11.2 Å². The number of piperidine rings is 1. The fraction of sp³-hybridized carbons (Fsp3) is 0.429. The van der Waals surface area contributed by atoms with E-state index in [1.807, 2.05) is 4.57 Å². The highest BCUT2D eigenvalue weighted by molar-refractivity contribution is 6.35. The third-order valence-corrected chi connectivity index (χ3v) is 8.01. The molecule has 1 N–H and O–H groups in total. The third-order valence-electron chi connectivity index (χ3n) is 7.48. The molecule has 2 saturated heterocycles. The number of benzene rings is 1. The second kappa shape index (κ2) is 11.7. The smallest absolute Gasteiger partial charge is 0.354 e. The molecule has 0 spiro atoms. The molecule has 0 aliphatic carbocycles. The molecule has 4 aromatic rings. The largest absolute Gasteiger partial charge is 0.482 e. The number of carboxylic acid groups (broad SMARTS) is 1. The number of aromatic carboxylic acids is 1. The van der Waals surface area contributed by atoms with Crippen LogP contribution in [0.4, 0.5) is 0 Å². The van der Waals surface area contributed by atoms with Crippen molar-refractivity contribution in [3.05, 3.63) is 69.7 Å². The highest BCUT2D eigenvalue weighted by atomic mass is 35.5. The maximum absolute atomic E-state index is 11.5. The Hall–Kier alpha value is -3.18. The molecule has 2 aliphatic rings. The van der Waals surface area contributed by atoms with Gasteiger partial charge in [0.25, 0.3) is 0 Å². The number of ether oxygens (including phenoxy) is 2. The average Bonchev–Trinajstić information content (AvgIpc) is 3.50. The Morgan fingerprint density at radius 2 is 1.95 bits per heavy atom. The van der Waals surface area contributed by atoms with Crippen molar-refractivity contribution in [1.29, 1.82) is 0 Å². The molecule has 10 nitrogen and oxygen atoms in total. The van der Waals surface area contributed by atoms with Crippen molar-refractivity contribution >= 4 is 40.3 Å². The highest BCUT2D eigenvalue weighted by Crippen LogP contribution is 2.29. The fourth-order valence-corrected chi connectivity index (χ4v) is 5.65. The first kappa shape index (κ1) is 27.0. The van der Waals surface area contributed by atoms with Gasteiger partial charge in [0.1, 0.15) is 22.9 Å². The number of nitrogens with zero attached hydrogens (tertiary/aromatic N) is 5. The number of pyridine rings is 1. The van der Waals surface area contributed by atoms with E-state index < -0.39 is 5.97 Å². The van der Waals surface area contributed by atoms with Crippen molar-refractivity contribution in [3.63, 3.8) is 0 Å². The summed E-state index contributed by atoms with van der Waals surface area (Å²) >= 11 is 12.1. The maximum atomic E-state index is 11.5. The Kier molecular flexibility index (Phi) is 7.93. The van der Waals surface area contributed by atoms with Gasteiger partial charge in [-0.05, 0) is 68.6 Å². The van der Waals surface area contributed by atoms with E-state index in [-0.39, 0.29) is 18.4 Å². The molecule has 3 aromatic heterocycles. The normalized spacial score (nSPS) is 18.2. The Morgan fingerprint density at radius 3 is 2.67 bits per heavy atom. The van der Waals surface area contributed by atoms with Crippen molar-refractivity contribution in [1.82, 2.24) is 24.4 Å². The molecule has 5 heterocycles. The lowest BCUT2D eigenvalue weighted by atomic mass is 9.93. The maximum Gasteiger partial charge on any atom is 0.354 e. The lowest BCUT2D eigenvalue weighted by Gasteiger charge is -2.32. The molecule has 0 radical (unpaired) electrons. The molecule has 0 saturated carbocycles. The van der Waals surface area contributed by atoms with Crippen LogP contribution in [0.5, 0.6) is 5.75 Å². The van der Waals surface area contributed by atoms with Crippen LogP contribution in [0, 0.1) is 5.92 Å². The fourth-order valence-electron chi connectivity index (χ4n) is 5.19. The van der Waals surface area contributed by atoms with Crippen LogP contribution in [0.15, 0.2) is 40.9 Å². The number of rotatable bonds is 10. The number of fused-ring (bicyclic) bond motifs is 1. The molecular formula is C28H29Cl2N5O5. The number of carboxylic acids is 1. The Balaban J connectivity index is 1.05. The van der Waals surface area contributed by atoms with Gasteiger partial charge in [0, 0.05) is 18.1 Å². The quantitative estimate of drug-likeness (QED) is 0.266. The van der Waals surface area contributed by atoms with Gasteiger partial charge in [0.15, 0.2) is 17.9 Å². The van der Waals surface area contributed by atoms with Gasteiger partial charge < -0.3 is 23.6 Å². The van der Waals surface area contributed by atoms with E-state index in [0.717, 1.165) is 57.0 Å². The molecule has 2 aliphatic heterocycles. The summed E-state index contributed by atoms with van der Waals surface area (Å²) < 4.78 is 19.4. The standard InChI is InChI=1S/C28H29Cl2N5O5/c29-18-1-4-24(21(30)12-18)39-16-26-31-13-20(40-26)11-17-5-8-34(9-6-17)15-25-32-22-2-3-23(28(36)37)33-27(22)35(25)14-19-7-10-38-19/h1-4,12-13,17,19H,5-11,14-16H2,(H,36,37)/t19-/m0/s1. The zero-order valence-corrected chi connectivity index (χ0v) is 23.3. The molecule has 1 aromatic carbocycles. The minimum absolute atomic E-state index is 0.0199. The number of oxazole rings is 1. The summed E-state index contributed by atoms with van der Waals surface area (Å²) in [6.45, 7) is 4.11. The predicted molar refractivity (Wildman–Crippen MR) is 148 cm³/mol. The van der Waals surface area contributed by atoms with Gasteiger partial charge in [-0.25, -0.2) is 19.7 Å². The van der Waals surface area contributed by atoms with Crippen LogP contribution in [-0.4, -0.2) is 61.3 Å². The monoisotopic (exact) mass is 585 g/mol. The zero-order valence-electron chi connectivity index (χ0n) is 21.8. The number of likely N-dealkylation sites (tertiary alicyclic amines) is 1. The molecular weight excluding hydrogens is 557 g/mol. The lowest BCUT2D eigenvalue weighted by molar-refractivity contribution is -0.0593. The van der Waals surface area contributed by atoms with E-state index in [0.29, 0.717) is 51.9 Å². The Bertz CT molecular complexity index is 1510. The first-order valence-corrected chi connectivity index (χ1v) is 14.1. The van der Waals surface area contributed by atoms with Crippen LogP contribution >= 0.6 is 23.2 Å². The first-order chi connectivity index (χ1) is 19.4. The molecule has 1 atom stereocenters. The van der Waals surface area contributed by atoms with Gasteiger partial charge >= 0.3 is 5.97 Å². The summed E-state index contributed by atoms with van der Waals surface area (Å²) in [7, 11) is 0. The highest BCUT2D eigenvalue weighted by Gasteiger charge is 2.26. The molecule has 40 heavy (non-hydrogen) atoms. The van der Waals surface area contributed by atoms with E-state index in [2.05, 4.69) is 14.9 Å². The lowest BCUT2D eigenvalue weighted by Crippen LogP contribution is -2.36. The Morgan fingerprint density at radius 1 is 1.12 bits per heavy atom. The van der Waals surface area contributed by atoms with Gasteiger partial charge in [-0.15, -0.1) is 0 Å². The summed E-state index contributed by atoms with van der Waals surface area (Å²) in [5, 5.41) is 10.4. The number of carbonyl (C=O) groups is 1. The van der Waals surface area contributed by atoms with Gasteiger partial charge in [-0.3, -0.25) is 4.90 Å². The van der Waals surface area contributed by atoms with Gasteiger partial charge in [-0.1, -0.05) is 23.2 Å². The number of imidazole rings is 1. The minimum atomic E-state index is -1.05. The molecule has 2 fully saturated rings. The zero-order chi connectivity index (χ0) is 27.6. The predicted octanol–water partition coefficient (Wildman–Crippen LogP) is 5.25. The molecule has 6 rings (SSSR count).